The summed E-state index contributed by atoms with van der Waals surface area (Å²) < 4.78 is 0. The largest absolute Gasteiger partial charge is 0.0683 e. The third-order valence-electron chi connectivity index (χ3n) is 2.17. The first-order valence-corrected chi connectivity index (χ1v) is 4.83. The molecule has 0 spiro atoms. The minimum absolute atomic E-state index is 1.05. The van der Waals surface area contributed by atoms with E-state index in [1.165, 1.54) is 25.7 Å². The van der Waals surface area contributed by atoms with Crippen LogP contribution in [0.2, 0.25) is 0 Å². The van der Waals surface area contributed by atoms with Crippen molar-refractivity contribution in [1.29, 1.82) is 0 Å². The Hall–Kier alpha value is 0. The summed E-state index contributed by atoms with van der Waals surface area (Å²) in [6.07, 6.45) is 5.88. The van der Waals surface area contributed by atoms with Gasteiger partial charge in [0.05, 0.1) is 0 Å². The first-order valence-electron chi connectivity index (χ1n) is 4.83. The van der Waals surface area contributed by atoms with Crippen LogP contribution in [-0.2, 0) is 0 Å². The lowest BCUT2D eigenvalue weighted by Crippen LogP contribution is -2.20. The lowest BCUT2D eigenvalue weighted by atomic mass is 9.74. The Bertz CT molecular complexity index is 57.7. The zero-order valence-electron chi connectivity index (χ0n) is 7.98. The van der Waals surface area contributed by atoms with Crippen LogP contribution < -0.4 is 0 Å². The van der Waals surface area contributed by atoms with Gasteiger partial charge in [-0.2, -0.15) is 0 Å². The van der Waals surface area contributed by atoms with Crippen LogP contribution in [-0.4, -0.2) is 0 Å². The second-order valence-corrected chi connectivity index (χ2v) is 3.23. The first-order chi connectivity index (χ1) is 4.83. The van der Waals surface area contributed by atoms with Crippen molar-refractivity contribution in [2.45, 2.75) is 53.4 Å². The minimum Gasteiger partial charge on any atom is -0.0683 e. The molecule has 0 saturated heterocycles. The molecule has 0 aromatic carbocycles. The number of rotatable bonds is 2. The molecule has 0 radical (unpaired) electrons. The fourth-order valence-corrected chi connectivity index (χ4v) is 1.71. The van der Waals surface area contributed by atoms with Crippen LogP contribution in [0.25, 0.3) is 0 Å². The van der Waals surface area contributed by atoms with E-state index >= 15 is 0 Å². The Morgan fingerprint density at radius 2 is 1.70 bits per heavy atom. The van der Waals surface area contributed by atoms with Crippen molar-refractivity contribution in [1.82, 2.24) is 0 Å². The second-order valence-electron chi connectivity index (χ2n) is 3.23. The molecule has 1 aliphatic carbocycles. The Balaban J connectivity index is 0.000000371. The van der Waals surface area contributed by atoms with E-state index in [4.69, 9.17) is 0 Å². The second kappa shape index (κ2) is 5.76. The van der Waals surface area contributed by atoms with Crippen molar-refractivity contribution in [2.24, 2.45) is 11.8 Å². The van der Waals surface area contributed by atoms with Gasteiger partial charge < -0.3 is 0 Å². The van der Waals surface area contributed by atoms with E-state index in [1.807, 2.05) is 13.8 Å². The minimum atomic E-state index is 1.05. The van der Waals surface area contributed by atoms with Gasteiger partial charge in [0.2, 0.25) is 0 Å². The smallest absolute Gasteiger partial charge is 0.0409 e. The van der Waals surface area contributed by atoms with Gasteiger partial charge in [-0.3, -0.25) is 0 Å². The van der Waals surface area contributed by atoms with Crippen LogP contribution in [0.15, 0.2) is 0 Å². The van der Waals surface area contributed by atoms with E-state index in [0.717, 1.165) is 11.8 Å². The Labute approximate surface area is 66.0 Å². The molecule has 0 heterocycles. The average molecular weight is 142 g/mol. The maximum atomic E-state index is 2.35. The van der Waals surface area contributed by atoms with Crippen molar-refractivity contribution >= 4 is 0 Å². The van der Waals surface area contributed by atoms with E-state index < -0.39 is 0 Å². The molecule has 0 bridgehead atoms. The Morgan fingerprint density at radius 3 is 2.00 bits per heavy atom. The highest BCUT2D eigenvalue weighted by molar-refractivity contribution is 4.75. The molecule has 1 rings (SSSR count). The highest BCUT2D eigenvalue weighted by Crippen LogP contribution is 2.35. The molecule has 1 aliphatic rings. The third-order valence-corrected chi connectivity index (χ3v) is 2.17. The zero-order valence-corrected chi connectivity index (χ0v) is 7.98. The van der Waals surface area contributed by atoms with Crippen LogP contribution in [0, 0.1) is 11.8 Å². The van der Waals surface area contributed by atoms with Gasteiger partial charge >= 0.3 is 0 Å². The van der Waals surface area contributed by atoms with E-state index in [0.29, 0.717) is 0 Å². The summed E-state index contributed by atoms with van der Waals surface area (Å²) in [6, 6.07) is 0. The molecule has 0 unspecified atom stereocenters. The fraction of sp³-hybridized carbons (Fsp3) is 1.00. The maximum absolute atomic E-state index is 2.35. The first kappa shape index (κ1) is 10.0. The summed E-state index contributed by atoms with van der Waals surface area (Å²) in [6.45, 7) is 8.63. The van der Waals surface area contributed by atoms with Crippen LogP contribution in [0.4, 0.5) is 0 Å². The molecule has 62 valence electrons. The highest BCUT2D eigenvalue weighted by Gasteiger charge is 2.23. The van der Waals surface area contributed by atoms with Gasteiger partial charge in [0.25, 0.3) is 0 Å². The van der Waals surface area contributed by atoms with Gasteiger partial charge in [0, 0.05) is 0 Å². The van der Waals surface area contributed by atoms with Crippen LogP contribution in [0.5, 0.6) is 0 Å². The summed E-state index contributed by atoms with van der Waals surface area (Å²) in [5, 5.41) is 0. The summed E-state index contributed by atoms with van der Waals surface area (Å²) in [7, 11) is 0. The quantitative estimate of drug-likeness (QED) is 0.549. The lowest BCUT2D eigenvalue weighted by Gasteiger charge is -2.32. The molecular formula is C10H22. The maximum Gasteiger partial charge on any atom is -0.0409 e. The predicted molar refractivity (Wildman–Crippen MR) is 48.1 cm³/mol. The summed E-state index contributed by atoms with van der Waals surface area (Å²) in [4.78, 5) is 0. The molecule has 1 saturated carbocycles. The van der Waals surface area contributed by atoms with Gasteiger partial charge in [-0.05, 0) is 24.7 Å². The molecule has 0 amide bonds. The van der Waals surface area contributed by atoms with E-state index in [1.54, 1.807) is 0 Å². The SMILES string of the molecule is CC.CCCC1CC(C)C1. The molecule has 0 atom stereocenters. The van der Waals surface area contributed by atoms with E-state index in [2.05, 4.69) is 13.8 Å². The zero-order chi connectivity index (χ0) is 7.98. The normalized spacial score (nSPS) is 30.0. The standard InChI is InChI=1S/C8H16.C2H6/c1-3-4-8-5-7(2)6-8;1-2/h7-8H,3-6H2,1-2H3;1-2H3. The molecule has 0 N–H and O–H groups in total. The summed E-state index contributed by atoms with van der Waals surface area (Å²) in [5.74, 6) is 2.15. The Morgan fingerprint density at radius 1 is 1.20 bits per heavy atom. The van der Waals surface area contributed by atoms with Crippen molar-refractivity contribution in [2.75, 3.05) is 0 Å². The Kier molecular flexibility index (Phi) is 5.76. The van der Waals surface area contributed by atoms with Gasteiger partial charge in [0.1, 0.15) is 0 Å². The van der Waals surface area contributed by atoms with E-state index in [-0.39, 0.29) is 0 Å². The van der Waals surface area contributed by atoms with Crippen LogP contribution in [0.1, 0.15) is 53.4 Å². The van der Waals surface area contributed by atoms with Crippen molar-refractivity contribution < 1.29 is 0 Å². The molecule has 0 nitrogen and oxygen atoms in total. The molecular weight excluding hydrogens is 120 g/mol. The average Bonchev–Trinajstić information content (AvgIpc) is 1.90. The van der Waals surface area contributed by atoms with Crippen molar-refractivity contribution in [3.8, 4) is 0 Å². The summed E-state index contributed by atoms with van der Waals surface area (Å²) >= 11 is 0. The van der Waals surface area contributed by atoms with Gasteiger partial charge in [-0.1, -0.05) is 40.5 Å². The van der Waals surface area contributed by atoms with Gasteiger partial charge in [-0.15, -0.1) is 0 Å². The van der Waals surface area contributed by atoms with Gasteiger partial charge in [0.15, 0.2) is 0 Å². The topological polar surface area (TPSA) is 0 Å². The number of hydrogen-bond acceptors (Lipinski definition) is 0. The highest BCUT2D eigenvalue weighted by atomic mass is 14.3. The molecule has 0 aromatic rings. The number of hydrogen-bond donors (Lipinski definition) is 0. The van der Waals surface area contributed by atoms with Crippen molar-refractivity contribution in [3.05, 3.63) is 0 Å². The monoisotopic (exact) mass is 142 g/mol. The summed E-state index contributed by atoms with van der Waals surface area (Å²) in [5.41, 5.74) is 0. The molecule has 0 aliphatic heterocycles. The molecule has 10 heavy (non-hydrogen) atoms. The van der Waals surface area contributed by atoms with Gasteiger partial charge in [-0.25, -0.2) is 0 Å². The lowest BCUT2D eigenvalue weighted by molar-refractivity contribution is 0.198. The van der Waals surface area contributed by atoms with E-state index in [9.17, 15) is 0 Å². The third kappa shape index (κ3) is 3.24. The molecule has 0 aromatic heterocycles. The molecule has 1 fully saturated rings. The van der Waals surface area contributed by atoms with Crippen LogP contribution >= 0.6 is 0 Å². The predicted octanol–water partition coefficient (Wildman–Crippen LogP) is 3.86. The van der Waals surface area contributed by atoms with Crippen molar-refractivity contribution in [3.63, 3.8) is 0 Å². The van der Waals surface area contributed by atoms with Crippen LogP contribution in [0.3, 0.4) is 0 Å². The molecule has 0 heteroatoms. The fourth-order valence-electron chi connectivity index (χ4n) is 1.71.